The number of carbonyl (C=O) groups is 1. The van der Waals surface area contributed by atoms with Gasteiger partial charge in [-0.2, -0.15) is 5.10 Å². The molecule has 1 aromatic rings. The van der Waals surface area contributed by atoms with E-state index in [0.717, 1.165) is 0 Å². The first-order valence-electron chi connectivity index (χ1n) is 6.23. The molecule has 1 aromatic carbocycles. The predicted molar refractivity (Wildman–Crippen MR) is 91.0 cm³/mol. The van der Waals surface area contributed by atoms with E-state index in [4.69, 9.17) is 40.2 Å². The predicted octanol–water partition coefficient (Wildman–Crippen LogP) is 2.36. The summed E-state index contributed by atoms with van der Waals surface area (Å²) in [5.41, 5.74) is 3.29. The molecule has 0 spiro atoms. The van der Waals surface area contributed by atoms with Crippen molar-refractivity contribution in [2.45, 2.75) is 6.92 Å². The highest BCUT2D eigenvalue weighted by atomic mass is 35.5. The van der Waals surface area contributed by atoms with E-state index in [2.05, 4.69) is 20.6 Å². The Kier molecular flexibility index (Phi) is 7.94. The molecule has 22 heavy (non-hydrogen) atoms. The SMILES string of the molecule is CCNC(=S)NN=Cc1cc(Cl)c(OCC(=O)OC)c(Cl)c1. The fourth-order valence-electron chi connectivity index (χ4n) is 1.35. The number of thiocarbonyl (C=S) groups is 1. The Balaban J connectivity index is 2.74. The molecule has 0 aliphatic heterocycles. The first-order chi connectivity index (χ1) is 10.5. The van der Waals surface area contributed by atoms with Crippen LogP contribution in [0.5, 0.6) is 5.75 Å². The third-order valence-electron chi connectivity index (χ3n) is 2.30. The fraction of sp³-hybridized carbons (Fsp3) is 0.308. The normalized spacial score (nSPS) is 10.4. The Labute approximate surface area is 143 Å². The standard InChI is InChI=1S/C13H15Cl2N3O3S/c1-3-16-13(22)18-17-6-8-4-9(14)12(10(15)5-8)21-7-11(19)20-2/h4-6H,3,7H2,1-2H3,(H2,16,18,22). The van der Waals surface area contributed by atoms with E-state index in [9.17, 15) is 4.79 Å². The fourth-order valence-corrected chi connectivity index (χ4v) is 2.16. The first-order valence-corrected chi connectivity index (χ1v) is 7.39. The number of hydrogen-bond acceptors (Lipinski definition) is 5. The topological polar surface area (TPSA) is 72.0 Å². The molecule has 0 unspecified atom stereocenters. The van der Waals surface area contributed by atoms with E-state index in [1.807, 2.05) is 6.92 Å². The third kappa shape index (κ3) is 6.05. The Hall–Kier alpha value is -1.57. The van der Waals surface area contributed by atoms with Crippen LogP contribution in [0.3, 0.4) is 0 Å². The van der Waals surface area contributed by atoms with Gasteiger partial charge in [-0.15, -0.1) is 0 Å². The summed E-state index contributed by atoms with van der Waals surface area (Å²) < 4.78 is 9.69. The highest BCUT2D eigenvalue weighted by molar-refractivity contribution is 7.80. The molecule has 1 rings (SSSR count). The van der Waals surface area contributed by atoms with Crippen molar-refractivity contribution in [3.8, 4) is 5.75 Å². The first kappa shape index (κ1) is 18.5. The maximum absolute atomic E-state index is 11.1. The van der Waals surface area contributed by atoms with E-state index in [0.29, 0.717) is 17.2 Å². The highest BCUT2D eigenvalue weighted by Crippen LogP contribution is 2.33. The number of carbonyl (C=O) groups excluding carboxylic acids is 1. The number of nitrogens with zero attached hydrogens (tertiary/aromatic N) is 1. The summed E-state index contributed by atoms with van der Waals surface area (Å²) in [6.07, 6.45) is 1.51. The second-order valence-corrected chi connectivity index (χ2v) is 5.13. The molecule has 0 saturated heterocycles. The summed E-state index contributed by atoms with van der Waals surface area (Å²) in [5, 5.41) is 7.76. The zero-order chi connectivity index (χ0) is 16.5. The number of esters is 1. The molecule has 0 bridgehead atoms. The van der Waals surface area contributed by atoms with Crippen LogP contribution in [0.15, 0.2) is 17.2 Å². The van der Waals surface area contributed by atoms with Crippen LogP contribution in [0.2, 0.25) is 10.0 Å². The molecular weight excluding hydrogens is 349 g/mol. The lowest BCUT2D eigenvalue weighted by molar-refractivity contribution is -0.142. The quantitative estimate of drug-likeness (QED) is 0.350. The minimum Gasteiger partial charge on any atom is -0.479 e. The number of halogens is 2. The van der Waals surface area contributed by atoms with Gasteiger partial charge in [0.15, 0.2) is 17.5 Å². The van der Waals surface area contributed by atoms with Crippen LogP contribution in [-0.4, -0.2) is 37.6 Å². The maximum atomic E-state index is 11.1. The van der Waals surface area contributed by atoms with Gasteiger partial charge >= 0.3 is 5.97 Å². The largest absolute Gasteiger partial charge is 0.479 e. The monoisotopic (exact) mass is 363 g/mol. The number of rotatable bonds is 6. The van der Waals surface area contributed by atoms with Gasteiger partial charge in [-0.1, -0.05) is 23.2 Å². The Morgan fingerprint density at radius 2 is 2.05 bits per heavy atom. The Morgan fingerprint density at radius 1 is 1.41 bits per heavy atom. The Bertz CT molecular complexity index is 559. The van der Waals surface area contributed by atoms with Crippen molar-refractivity contribution >= 4 is 52.7 Å². The molecule has 120 valence electrons. The number of hydrogen-bond donors (Lipinski definition) is 2. The van der Waals surface area contributed by atoms with Crippen molar-refractivity contribution in [1.82, 2.24) is 10.7 Å². The van der Waals surface area contributed by atoms with Crippen molar-refractivity contribution in [3.63, 3.8) is 0 Å². The van der Waals surface area contributed by atoms with Gasteiger partial charge in [0, 0.05) is 6.54 Å². The van der Waals surface area contributed by atoms with Crippen molar-refractivity contribution in [2.75, 3.05) is 20.3 Å². The molecule has 2 N–H and O–H groups in total. The van der Waals surface area contributed by atoms with Crippen LogP contribution in [0.25, 0.3) is 0 Å². The van der Waals surface area contributed by atoms with Crippen molar-refractivity contribution in [3.05, 3.63) is 27.7 Å². The number of ether oxygens (including phenoxy) is 2. The van der Waals surface area contributed by atoms with Crippen LogP contribution in [0.4, 0.5) is 0 Å². The van der Waals surface area contributed by atoms with Gasteiger partial charge in [-0.3, -0.25) is 5.43 Å². The molecule has 0 radical (unpaired) electrons. The maximum Gasteiger partial charge on any atom is 0.343 e. The average molecular weight is 364 g/mol. The van der Waals surface area contributed by atoms with Gasteiger partial charge in [-0.25, -0.2) is 4.79 Å². The number of nitrogens with one attached hydrogen (secondary N) is 2. The van der Waals surface area contributed by atoms with Gasteiger partial charge in [0.05, 0.1) is 23.4 Å². The van der Waals surface area contributed by atoms with Crippen molar-refractivity contribution in [2.24, 2.45) is 5.10 Å². The molecule has 0 atom stereocenters. The average Bonchev–Trinajstić information content (AvgIpc) is 2.46. The molecule has 0 aliphatic rings. The number of benzene rings is 1. The molecule has 0 heterocycles. The summed E-state index contributed by atoms with van der Waals surface area (Å²) in [6.45, 7) is 2.34. The molecule has 0 amide bonds. The van der Waals surface area contributed by atoms with Crippen LogP contribution < -0.4 is 15.5 Å². The Morgan fingerprint density at radius 3 is 2.59 bits per heavy atom. The number of hydrazone groups is 1. The summed E-state index contributed by atoms with van der Waals surface area (Å²) in [7, 11) is 1.26. The molecule has 0 aromatic heterocycles. The lowest BCUT2D eigenvalue weighted by Crippen LogP contribution is -2.31. The van der Waals surface area contributed by atoms with Gasteiger partial charge in [0.2, 0.25) is 0 Å². The third-order valence-corrected chi connectivity index (χ3v) is 3.10. The van der Waals surface area contributed by atoms with Gasteiger partial charge in [0.25, 0.3) is 0 Å². The van der Waals surface area contributed by atoms with Crippen LogP contribution in [-0.2, 0) is 9.53 Å². The molecule has 0 fully saturated rings. The lowest BCUT2D eigenvalue weighted by Gasteiger charge is -2.09. The van der Waals surface area contributed by atoms with Gasteiger partial charge in [0.1, 0.15) is 0 Å². The number of methoxy groups -OCH3 is 1. The van der Waals surface area contributed by atoms with Crippen LogP contribution in [0, 0.1) is 0 Å². The second kappa shape index (κ2) is 9.45. The van der Waals surface area contributed by atoms with E-state index in [1.54, 1.807) is 12.1 Å². The molecule has 0 saturated carbocycles. The summed E-state index contributed by atoms with van der Waals surface area (Å²) >= 11 is 17.1. The summed E-state index contributed by atoms with van der Waals surface area (Å²) in [6, 6.07) is 3.20. The van der Waals surface area contributed by atoms with Crippen molar-refractivity contribution in [1.29, 1.82) is 0 Å². The highest BCUT2D eigenvalue weighted by Gasteiger charge is 2.11. The molecule has 0 aliphatic carbocycles. The smallest absolute Gasteiger partial charge is 0.343 e. The van der Waals surface area contributed by atoms with Crippen LogP contribution >= 0.6 is 35.4 Å². The molecular formula is C13H15Cl2N3O3S. The minimum absolute atomic E-state index is 0.210. The van der Waals surface area contributed by atoms with Crippen LogP contribution in [0.1, 0.15) is 12.5 Å². The summed E-state index contributed by atoms with van der Waals surface area (Å²) in [4.78, 5) is 11.1. The zero-order valence-electron chi connectivity index (χ0n) is 12.0. The lowest BCUT2D eigenvalue weighted by atomic mass is 10.2. The summed E-state index contributed by atoms with van der Waals surface area (Å²) in [5.74, 6) is -0.319. The van der Waals surface area contributed by atoms with E-state index >= 15 is 0 Å². The van der Waals surface area contributed by atoms with E-state index in [1.165, 1.54) is 13.3 Å². The molecule has 9 heteroatoms. The van der Waals surface area contributed by atoms with Gasteiger partial charge in [-0.05, 0) is 36.8 Å². The molecule has 6 nitrogen and oxygen atoms in total. The zero-order valence-corrected chi connectivity index (χ0v) is 14.3. The van der Waals surface area contributed by atoms with E-state index in [-0.39, 0.29) is 22.4 Å². The van der Waals surface area contributed by atoms with Gasteiger partial charge < -0.3 is 14.8 Å². The minimum atomic E-state index is -0.529. The van der Waals surface area contributed by atoms with E-state index < -0.39 is 5.97 Å². The second-order valence-electron chi connectivity index (χ2n) is 3.91. The van der Waals surface area contributed by atoms with Crippen molar-refractivity contribution < 1.29 is 14.3 Å².